The summed E-state index contributed by atoms with van der Waals surface area (Å²) in [6, 6.07) is 5.44. The summed E-state index contributed by atoms with van der Waals surface area (Å²) in [5, 5.41) is 2.15. The third kappa shape index (κ3) is 2.35. The molecular weight excluding hydrogens is 249 g/mol. The SMILES string of the molecule is FC(F)(F)Oc1cc2[c]csc2cc1Cl. The van der Waals surface area contributed by atoms with Crippen LogP contribution in [0.2, 0.25) is 5.02 Å². The molecular formula is C9H3ClF3OS. The summed E-state index contributed by atoms with van der Waals surface area (Å²) >= 11 is 6.99. The van der Waals surface area contributed by atoms with Crippen LogP contribution in [0, 0.1) is 6.07 Å². The van der Waals surface area contributed by atoms with Gasteiger partial charge in [-0.25, -0.2) is 0 Å². The molecule has 2 aromatic rings. The lowest BCUT2D eigenvalue weighted by Gasteiger charge is -2.10. The van der Waals surface area contributed by atoms with Crippen LogP contribution in [-0.4, -0.2) is 6.36 Å². The molecule has 0 N–H and O–H groups in total. The molecule has 0 aliphatic rings. The lowest BCUT2D eigenvalue weighted by atomic mass is 10.2. The van der Waals surface area contributed by atoms with Gasteiger partial charge in [-0.05, 0) is 17.5 Å². The van der Waals surface area contributed by atoms with Crippen molar-refractivity contribution < 1.29 is 17.9 Å². The zero-order valence-corrected chi connectivity index (χ0v) is 8.63. The Kier molecular flexibility index (Phi) is 2.52. The first-order valence-corrected chi connectivity index (χ1v) is 5.05. The molecule has 79 valence electrons. The first-order valence-electron chi connectivity index (χ1n) is 3.80. The topological polar surface area (TPSA) is 9.23 Å². The molecule has 1 aromatic carbocycles. The van der Waals surface area contributed by atoms with E-state index in [9.17, 15) is 13.2 Å². The molecule has 1 radical (unpaired) electrons. The summed E-state index contributed by atoms with van der Waals surface area (Å²) in [5.41, 5.74) is 0. The second-order valence-corrected chi connectivity index (χ2v) is 4.03. The molecule has 0 fully saturated rings. The molecule has 1 nitrogen and oxygen atoms in total. The van der Waals surface area contributed by atoms with E-state index < -0.39 is 12.1 Å². The third-order valence-corrected chi connectivity index (χ3v) is 2.78. The van der Waals surface area contributed by atoms with Crippen LogP contribution in [0.1, 0.15) is 0 Å². The van der Waals surface area contributed by atoms with Gasteiger partial charge in [0.2, 0.25) is 0 Å². The predicted molar refractivity (Wildman–Crippen MR) is 52.4 cm³/mol. The Hall–Kier alpha value is -0.940. The van der Waals surface area contributed by atoms with Crippen LogP contribution in [-0.2, 0) is 0 Å². The highest BCUT2D eigenvalue weighted by Crippen LogP contribution is 2.35. The average molecular weight is 252 g/mol. The van der Waals surface area contributed by atoms with E-state index in [1.807, 2.05) is 0 Å². The number of benzene rings is 1. The van der Waals surface area contributed by atoms with Crippen molar-refractivity contribution in [3.63, 3.8) is 0 Å². The van der Waals surface area contributed by atoms with Crippen LogP contribution in [0.5, 0.6) is 5.75 Å². The van der Waals surface area contributed by atoms with E-state index in [1.54, 1.807) is 5.38 Å². The van der Waals surface area contributed by atoms with E-state index in [0.717, 1.165) is 4.70 Å². The van der Waals surface area contributed by atoms with Crippen molar-refractivity contribution in [2.75, 3.05) is 0 Å². The number of alkyl halides is 3. The van der Waals surface area contributed by atoms with Crippen molar-refractivity contribution in [3.05, 3.63) is 28.6 Å². The molecule has 0 aliphatic heterocycles. The summed E-state index contributed by atoms with van der Waals surface area (Å²) in [5.74, 6) is -0.397. The maximum absolute atomic E-state index is 12.0. The molecule has 0 unspecified atom stereocenters. The van der Waals surface area contributed by atoms with E-state index in [2.05, 4.69) is 10.8 Å². The van der Waals surface area contributed by atoms with Crippen molar-refractivity contribution in [3.8, 4) is 5.75 Å². The number of hydrogen-bond acceptors (Lipinski definition) is 2. The van der Waals surface area contributed by atoms with E-state index in [-0.39, 0.29) is 5.02 Å². The summed E-state index contributed by atoms with van der Waals surface area (Å²) in [7, 11) is 0. The average Bonchev–Trinajstić information content (AvgIpc) is 2.49. The number of ether oxygens (including phenoxy) is 1. The minimum absolute atomic E-state index is 0.0596. The van der Waals surface area contributed by atoms with Crippen LogP contribution in [0.4, 0.5) is 13.2 Å². The van der Waals surface area contributed by atoms with Crippen LogP contribution in [0.15, 0.2) is 17.5 Å². The second kappa shape index (κ2) is 3.57. The second-order valence-electron chi connectivity index (χ2n) is 2.71. The lowest BCUT2D eigenvalue weighted by molar-refractivity contribution is -0.274. The Labute approximate surface area is 92.0 Å². The van der Waals surface area contributed by atoms with Crippen molar-refractivity contribution in [1.29, 1.82) is 0 Å². The largest absolute Gasteiger partial charge is 0.573 e. The monoisotopic (exact) mass is 251 g/mol. The maximum Gasteiger partial charge on any atom is 0.573 e. The van der Waals surface area contributed by atoms with Gasteiger partial charge < -0.3 is 4.74 Å². The highest BCUT2D eigenvalue weighted by atomic mass is 35.5. The van der Waals surface area contributed by atoms with E-state index in [4.69, 9.17) is 11.6 Å². The standard InChI is InChI=1S/C9H3ClF3OS/c10-6-4-8-5(1-2-15-8)3-7(6)14-9(11,12)13/h2-4H. The van der Waals surface area contributed by atoms with Crippen molar-refractivity contribution in [2.45, 2.75) is 6.36 Å². The van der Waals surface area contributed by atoms with Gasteiger partial charge in [0.15, 0.2) is 0 Å². The lowest BCUT2D eigenvalue weighted by Crippen LogP contribution is -2.17. The van der Waals surface area contributed by atoms with E-state index >= 15 is 0 Å². The Balaban J connectivity index is 2.46. The smallest absolute Gasteiger partial charge is 0.404 e. The molecule has 2 rings (SSSR count). The fraction of sp³-hybridized carbons (Fsp3) is 0.111. The Bertz CT molecular complexity index is 492. The number of rotatable bonds is 1. The van der Waals surface area contributed by atoms with Gasteiger partial charge in [0.25, 0.3) is 0 Å². The number of halogens is 4. The molecule has 1 aromatic heterocycles. The normalized spacial score (nSPS) is 12.0. The zero-order chi connectivity index (χ0) is 11.1. The van der Waals surface area contributed by atoms with Crippen molar-refractivity contribution in [2.24, 2.45) is 0 Å². The molecule has 6 heteroatoms. The minimum atomic E-state index is -4.73. The molecule has 15 heavy (non-hydrogen) atoms. The quantitative estimate of drug-likeness (QED) is 0.736. The molecule has 0 atom stereocenters. The highest BCUT2D eigenvalue weighted by Gasteiger charge is 2.32. The molecule has 0 bridgehead atoms. The number of fused-ring (bicyclic) bond motifs is 1. The van der Waals surface area contributed by atoms with Crippen LogP contribution in [0.25, 0.3) is 10.1 Å². The third-order valence-electron chi connectivity index (χ3n) is 1.66. The van der Waals surface area contributed by atoms with E-state index in [1.165, 1.54) is 23.5 Å². The summed E-state index contributed by atoms with van der Waals surface area (Å²) in [6.45, 7) is 0. The van der Waals surface area contributed by atoms with Crippen LogP contribution in [0.3, 0.4) is 0 Å². The fourth-order valence-electron chi connectivity index (χ4n) is 1.10. The van der Waals surface area contributed by atoms with Crippen molar-refractivity contribution >= 4 is 33.0 Å². The van der Waals surface area contributed by atoms with Crippen LogP contribution >= 0.6 is 22.9 Å². The first kappa shape index (κ1) is 10.6. The van der Waals surface area contributed by atoms with Gasteiger partial charge in [0.05, 0.1) is 5.02 Å². The van der Waals surface area contributed by atoms with Gasteiger partial charge in [0.1, 0.15) is 5.75 Å². The Morgan fingerprint density at radius 1 is 1.33 bits per heavy atom. The predicted octanol–water partition coefficient (Wildman–Crippen LogP) is 4.25. The Morgan fingerprint density at radius 2 is 2.07 bits per heavy atom. The molecule has 0 aliphatic carbocycles. The molecule has 0 amide bonds. The Morgan fingerprint density at radius 3 is 2.73 bits per heavy atom. The molecule has 0 spiro atoms. The fourth-order valence-corrected chi connectivity index (χ4v) is 2.12. The number of thiophene rings is 1. The zero-order valence-electron chi connectivity index (χ0n) is 7.06. The van der Waals surface area contributed by atoms with Gasteiger partial charge in [-0.2, -0.15) is 0 Å². The highest BCUT2D eigenvalue weighted by molar-refractivity contribution is 7.17. The van der Waals surface area contributed by atoms with Crippen molar-refractivity contribution in [1.82, 2.24) is 0 Å². The molecule has 1 heterocycles. The van der Waals surface area contributed by atoms with Crippen LogP contribution < -0.4 is 4.74 Å². The maximum atomic E-state index is 12.0. The van der Waals surface area contributed by atoms with Gasteiger partial charge >= 0.3 is 6.36 Å². The summed E-state index contributed by atoms with van der Waals surface area (Å²) < 4.78 is 40.4. The van der Waals surface area contributed by atoms with Gasteiger partial charge in [-0.3, -0.25) is 0 Å². The number of hydrogen-bond donors (Lipinski definition) is 0. The minimum Gasteiger partial charge on any atom is -0.404 e. The summed E-state index contributed by atoms with van der Waals surface area (Å²) in [4.78, 5) is 0. The summed E-state index contributed by atoms with van der Waals surface area (Å²) in [6.07, 6.45) is -4.73. The van der Waals surface area contributed by atoms with Gasteiger partial charge in [0, 0.05) is 16.2 Å². The van der Waals surface area contributed by atoms with Gasteiger partial charge in [-0.15, -0.1) is 24.5 Å². The molecule has 0 saturated heterocycles. The first-order chi connectivity index (χ1) is 6.96. The van der Waals surface area contributed by atoms with Gasteiger partial charge in [-0.1, -0.05) is 11.6 Å². The van der Waals surface area contributed by atoms with E-state index in [0.29, 0.717) is 5.39 Å². The molecule has 0 saturated carbocycles.